The number of ketones is 1. The largest absolute Gasteiger partial charge is 0.494 e. The minimum Gasteiger partial charge on any atom is -0.494 e. The number of hydrogen-bond donors (Lipinski definition) is 3. The second-order valence-electron chi connectivity index (χ2n) is 5.85. The van der Waals surface area contributed by atoms with Crippen LogP contribution in [-0.2, 0) is 4.79 Å². The fraction of sp³-hybridized carbons (Fsp3) is 0.300. The van der Waals surface area contributed by atoms with Crippen molar-refractivity contribution in [3.05, 3.63) is 54.1 Å². The molecule has 0 bridgehead atoms. The van der Waals surface area contributed by atoms with Gasteiger partial charge in [-0.2, -0.15) is 0 Å². The average molecular weight is 357 g/mol. The summed E-state index contributed by atoms with van der Waals surface area (Å²) in [6.45, 7) is 3.14. The van der Waals surface area contributed by atoms with Crippen LogP contribution >= 0.6 is 0 Å². The van der Waals surface area contributed by atoms with Crippen LogP contribution in [0, 0.1) is 0 Å². The van der Waals surface area contributed by atoms with E-state index >= 15 is 0 Å². The quantitative estimate of drug-likeness (QED) is 0.669. The van der Waals surface area contributed by atoms with E-state index in [9.17, 15) is 14.7 Å². The molecule has 0 fully saturated rings. The van der Waals surface area contributed by atoms with Crippen LogP contribution < -0.4 is 10.1 Å². The molecule has 0 saturated carbocycles. The van der Waals surface area contributed by atoms with Crippen LogP contribution in [-0.4, -0.2) is 47.3 Å². The minimum atomic E-state index is -1.14. The molecule has 0 aliphatic carbocycles. The van der Waals surface area contributed by atoms with Gasteiger partial charge in [0.15, 0.2) is 5.78 Å². The van der Waals surface area contributed by atoms with E-state index in [1.165, 1.54) is 6.92 Å². The summed E-state index contributed by atoms with van der Waals surface area (Å²) >= 11 is 0. The number of benzene rings is 2. The lowest BCUT2D eigenvalue weighted by atomic mass is 10.0. The number of rotatable bonds is 8. The molecule has 2 unspecified atom stereocenters. The Bertz CT molecular complexity index is 755. The first kappa shape index (κ1) is 19.6. The van der Waals surface area contributed by atoms with Gasteiger partial charge in [0.25, 0.3) is 5.91 Å². The van der Waals surface area contributed by atoms with Gasteiger partial charge < -0.3 is 20.3 Å². The van der Waals surface area contributed by atoms with E-state index in [0.29, 0.717) is 12.2 Å². The highest BCUT2D eigenvalue weighted by atomic mass is 16.5. The SMILES string of the molecule is CCOc1cccc(-c2ccc(C(=O)NC(C(=O)CO)C(C)O)cc2)c1. The molecule has 26 heavy (non-hydrogen) atoms. The van der Waals surface area contributed by atoms with Gasteiger partial charge in [-0.1, -0.05) is 24.3 Å². The number of nitrogens with one attached hydrogen (secondary N) is 1. The van der Waals surface area contributed by atoms with Gasteiger partial charge in [0.2, 0.25) is 0 Å². The van der Waals surface area contributed by atoms with Crippen LogP contribution in [0.25, 0.3) is 11.1 Å². The van der Waals surface area contributed by atoms with Gasteiger partial charge in [-0.3, -0.25) is 9.59 Å². The molecule has 0 aliphatic rings. The Morgan fingerprint density at radius 2 is 1.81 bits per heavy atom. The first-order valence-electron chi connectivity index (χ1n) is 8.42. The fourth-order valence-corrected chi connectivity index (χ4v) is 2.54. The molecule has 2 aromatic rings. The van der Waals surface area contributed by atoms with E-state index in [-0.39, 0.29) is 0 Å². The van der Waals surface area contributed by atoms with Gasteiger partial charge in [0.05, 0.1) is 12.7 Å². The maximum atomic E-state index is 12.3. The summed E-state index contributed by atoms with van der Waals surface area (Å²) in [4.78, 5) is 23.9. The Labute approximate surface area is 152 Å². The molecule has 0 saturated heterocycles. The van der Waals surface area contributed by atoms with Crippen LogP contribution in [0.4, 0.5) is 0 Å². The number of carbonyl (C=O) groups excluding carboxylic acids is 2. The lowest BCUT2D eigenvalue weighted by molar-refractivity contribution is -0.125. The number of amides is 1. The van der Waals surface area contributed by atoms with Crippen molar-refractivity contribution in [2.24, 2.45) is 0 Å². The van der Waals surface area contributed by atoms with Gasteiger partial charge in [0, 0.05) is 5.56 Å². The second-order valence-corrected chi connectivity index (χ2v) is 5.85. The maximum absolute atomic E-state index is 12.3. The highest BCUT2D eigenvalue weighted by Crippen LogP contribution is 2.24. The molecule has 2 aromatic carbocycles. The highest BCUT2D eigenvalue weighted by Gasteiger charge is 2.25. The van der Waals surface area contributed by atoms with E-state index in [1.807, 2.05) is 31.2 Å². The van der Waals surface area contributed by atoms with Crippen molar-refractivity contribution in [1.29, 1.82) is 0 Å². The van der Waals surface area contributed by atoms with Crippen LogP contribution in [0.1, 0.15) is 24.2 Å². The summed E-state index contributed by atoms with van der Waals surface area (Å²) in [5.74, 6) is -0.362. The van der Waals surface area contributed by atoms with Gasteiger partial charge >= 0.3 is 0 Å². The molecule has 6 heteroatoms. The minimum absolute atomic E-state index is 0.353. The molecule has 0 aromatic heterocycles. The van der Waals surface area contributed by atoms with Crippen molar-refractivity contribution in [2.45, 2.75) is 26.0 Å². The molecule has 3 N–H and O–H groups in total. The topological polar surface area (TPSA) is 95.9 Å². The van der Waals surface area contributed by atoms with Crippen molar-refractivity contribution in [2.75, 3.05) is 13.2 Å². The Morgan fingerprint density at radius 3 is 2.38 bits per heavy atom. The van der Waals surface area contributed by atoms with Crippen molar-refractivity contribution in [1.82, 2.24) is 5.32 Å². The second kappa shape index (κ2) is 9.12. The number of aliphatic hydroxyl groups is 2. The van der Waals surface area contributed by atoms with Gasteiger partial charge in [-0.05, 0) is 49.2 Å². The van der Waals surface area contributed by atoms with Crippen molar-refractivity contribution in [3.8, 4) is 16.9 Å². The van der Waals surface area contributed by atoms with Crippen LogP contribution in [0.3, 0.4) is 0 Å². The Morgan fingerprint density at radius 1 is 1.12 bits per heavy atom. The lowest BCUT2D eigenvalue weighted by Crippen LogP contribution is -2.48. The van der Waals surface area contributed by atoms with Crippen LogP contribution in [0.15, 0.2) is 48.5 Å². The third kappa shape index (κ3) is 4.91. The Balaban J connectivity index is 2.14. The van der Waals surface area contributed by atoms with E-state index in [2.05, 4.69) is 5.32 Å². The summed E-state index contributed by atoms with van der Waals surface area (Å²) in [5, 5.41) is 21.0. The molecule has 0 radical (unpaired) electrons. The number of Topliss-reactive ketones (excluding diaryl/α,β-unsaturated/α-hetero) is 1. The zero-order chi connectivity index (χ0) is 19.1. The predicted octanol–water partition coefficient (Wildman–Crippen LogP) is 1.79. The molecule has 6 nitrogen and oxygen atoms in total. The van der Waals surface area contributed by atoms with Crippen molar-refractivity contribution < 1.29 is 24.5 Å². The van der Waals surface area contributed by atoms with Crippen molar-refractivity contribution in [3.63, 3.8) is 0 Å². The smallest absolute Gasteiger partial charge is 0.251 e. The van der Waals surface area contributed by atoms with E-state index < -0.39 is 30.4 Å². The molecule has 1 amide bonds. The monoisotopic (exact) mass is 357 g/mol. The van der Waals surface area contributed by atoms with E-state index in [4.69, 9.17) is 9.84 Å². The van der Waals surface area contributed by atoms with E-state index in [1.54, 1.807) is 24.3 Å². The molecule has 0 aliphatic heterocycles. The number of carbonyl (C=O) groups is 2. The Hall–Kier alpha value is -2.70. The van der Waals surface area contributed by atoms with Gasteiger partial charge in [-0.15, -0.1) is 0 Å². The predicted molar refractivity (Wildman–Crippen MR) is 98.1 cm³/mol. The molecule has 2 rings (SSSR count). The summed E-state index contributed by atoms with van der Waals surface area (Å²) in [6.07, 6.45) is -1.10. The number of ether oxygens (including phenoxy) is 1. The third-order valence-electron chi connectivity index (χ3n) is 3.90. The maximum Gasteiger partial charge on any atom is 0.251 e. The number of hydrogen-bond acceptors (Lipinski definition) is 5. The van der Waals surface area contributed by atoms with Gasteiger partial charge in [0.1, 0.15) is 18.4 Å². The molecule has 0 heterocycles. The standard InChI is InChI=1S/C20H23NO5/c1-3-26-17-6-4-5-16(11-17)14-7-9-15(10-8-14)20(25)21-19(13(2)23)18(24)12-22/h4-11,13,19,22-23H,3,12H2,1-2H3,(H,21,25). The average Bonchev–Trinajstić information content (AvgIpc) is 2.65. The third-order valence-corrected chi connectivity index (χ3v) is 3.90. The Kier molecular flexibility index (Phi) is 6.89. The van der Waals surface area contributed by atoms with Gasteiger partial charge in [-0.25, -0.2) is 0 Å². The van der Waals surface area contributed by atoms with E-state index in [0.717, 1.165) is 16.9 Å². The zero-order valence-electron chi connectivity index (χ0n) is 14.8. The molecular weight excluding hydrogens is 334 g/mol. The highest BCUT2D eigenvalue weighted by molar-refractivity contribution is 5.98. The molecule has 0 spiro atoms. The molecule has 2 atom stereocenters. The summed E-state index contributed by atoms with van der Waals surface area (Å²) in [7, 11) is 0. The normalized spacial score (nSPS) is 12.9. The first-order valence-corrected chi connectivity index (χ1v) is 8.42. The number of aliphatic hydroxyl groups excluding tert-OH is 2. The van der Waals surface area contributed by atoms with Crippen LogP contribution in [0.5, 0.6) is 5.75 Å². The summed E-state index contributed by atoms with van der Waals surface area (Å²) < 4.78 is 5.49. The van der Waals surface area contributed by atoms with Crippen LogP contribution in [0.2, 0.25) is 0 Å². The molecule has 138 valence electrons. The summed E-state index contributed by atoms with van der Waals surface area (Å²) in [6, 6.07) is 13.4. The summed E-state index contributed by atoms with van der Waals surface area (Å²) in [5.41, 5.74) is 2.23. The lowest BCUT2D eigenvalue weighted by Gasteiger charge is -2.19. The van der Waals surface area contributed by atoms with Crippen molar-refractivity contribution >= 4 is 11.7 Å². The zero-order valence-corrected chi connectivity index (χ0v) is 14.8. The fourth-order valence-electron chi connectivity index (χ4n) is 2.54. The molecular formula is C20H23NO5. The first-order chi connectivity index (χ1) is 12.5.